The Balaban J connectivity index is 1.76. The van der Waals surface area contributed by atoms with Gasteiger partial charge in [0.05, 0.1) is 23.8 Å². The number of hydrazone groups is 1. The van der Waals surface area contributed by atoms with Gasteiger partial charge in [0.25, 0.3) is 11.8 Å². The van der Waals surface area contributed by atoms with Gasteiger partial charge in [-0.25, -0.2) is 14.4 Å². The number of benzene rings is 1. The van der Waals surface area contributed by atoms with Crippen LogP contribution in [0.1, 0.15) is 23.2 Å². The highest BCUT2D eigenvalue weighted by molar-refractivity contribution is 6.40. The van der Waals surface area contributed by atoms with E-state index in [1.54, 1.807) is 0 Å². The second-order valence-electron chi connectivity index (χ2n) is 9.17. The van der Waals surface area contributed by atoms with Crippen molar-refractivity contribution in [3.63, 3.8) is 0 Å². The molecule has 1 atom stereocenters. The molecule has 0 bridgehead atoms. The molecule has 2 aliphatic heterocycles. The van der Waals surface area contributed by atoms with Crippen LogP contribution < -0.4 is 15.6 Å². The predicted molar refractivity (Wildman–Crippen MR) is 136 cm³/mol. The normalized spacial score (nSPS) is 20.1. The molecule has 1 saturated heterocycles. The smallest absolute Gasteiger partial charge is 0.379 e. The van der Waals surface area contributed by atoms with Gasteiger partial charge in [-0.2, -0.15) is 18.3 Å². The zero-order valence-electron chi connectivity index (χ0n) is 21.2. The number of nitrogens with one attached hydrogen (secondary N) is 2. The monoisotopic (exact) mass is 570 g/mol. The summed E-state index contributed by atoms with van der Waals surface area (Å²) in [6.07, 6.45) is -5.05. The van der Waals surface area contributed by atoms with Crippen LogP contribution in [0.5, 0.6) is 0 Å². The summed E-state index contributed by atoms with van der Waals surface area (Å²) < 4.78 is 60.4. The molecule has 14 heteroatoms. The molecule has 0 saturated carbocycles. The number of nitrogens with zero attached hydrogens (tertiary/aromatic N) is 4. The van der Waals surface area contributed by atoms with E-state index in [0.717, 1.165) is 36.3 Å². The van der Waals surface area contributed by atoms with E-state index in [-0.39, 0.29) is 40.8 Å². The molecule has 210 valence electrons. The first-order valence-electron chi connectivity index (χ1n) is 12.2. The molecule has 2 N–H and O–H groups in total. The number of rotatable bonds is 7. The molecular formula is C25H27ClF4N6O3. The van der Waals surface area contributed by atoms with Gasteiger partial charge in [-0.15, -0.1) is 0 Å². The van der Waals surface area contributed by atoms with Crippen molar-refractivity contribution in [2.45, 2.75) is 25.1 Å². The van der Waals surface area contributed by atoms with Gasteiger partial charge in [-0.1, -0.05) is 17.7 Å². The van der Waals surface area contributed by atoms with Gasteiger partial charge >= 0.3 is 6.18 Å². The minimum atomic E-state index is -4.71. The lowest BCUT2D eigenvalue weighted by molar-refractivity contribution is -0.137. The van der Waals surface area contributed by atoms with Gasteiger partial charge in [0.1, 0.15) is 11.5 Å². The zero-order valence-corrected chi connectivity index (χ0v) is 22.0. The number of aromatic nitrogens is 1. The van der Waals surface area contributed by atoms with Crippen LogP contribution in [0.15, 0.2) is 35.4 Å². The number of hydrogen-bond donors (Lipinski definition) is 2. The van der Waals surface area contributed by atoms with Crippen molar-refractivity contribution in [1.29, 1.82) is 0 Å². The van der Waals surface area contributed by atoms with Gasteiger partial charge in [-0.05, 0) is 36.8 Å². The third-order valence-electron chi connectivity index (χ3n) is 6.57. The number of hydrogen-bond acceptors (Lipinski definition) is 7. The first-order chi connectivity index (χ1) is 18.5. The van der Waals surface area contributed by atoms with Crippen LogP contribution in [0, 0.1) is 12.7 Å². The molecule has 1 fully saturated rings. The molecule has 4 rings (SSSR count). The minimum absolute atomic E-state index is 0.0152. The Kier molecular flexibility index (Phi) is 8.42. The van der Waals surface area contributed by atoms with Crippen LogP contribution in [-0.4, -0.2) is 73.9 Å². The second kappa shape index (κ2) is 11.4. The molecule has 2 aromatic rings. The first kappa shape index (κ1) is 28.7. The molecule has 2 aliphatic rings. The number of alkyl halides is 3. The Morgan fingerprint density at radius 2 is 1.90 bits per heavy atom. The summed E-state index contributed by atoms with van der Waals surface area (Å²) in [6, 6.07) is 5.11. The number of amides is 2. The minimum Gasteiger partial charge on any atom is -0.379 e. The fourth-order valence-electron chi connectivity index (χ4n) is 4.60. The SMILES string of the molecule is CNC(=O)C1(c2ccc(F)c(Cl)c2)CC(C(=O)NCCN2CCOCC2)=NN1c1cc(C(F)(F)F)cc(C)n1. The molecule has 3 heterocycles. The molecule has 0 radical (unpaired) electrons. The number of pyridine rings is 1. The van der Waals surface area contributed by atoms with E-state index in [4.69, 9.17) is 16.3 Å². The maximum atomic E-state index is 14.1. The van der Waals surface area contributed by atoms with E-state index < -0.39 is 34.9 Å². The molecule has 1 unspecified atom stereocenters. The Hall–Kier alpha value is -3.29. The summed E-state index contributed by atoms with van der Waals surface area (Å²) in [6.45, 7) is 4.81. The van der Waals surface area contributed by atoms with Gasteiger partial charge in [0.2, 0.25) is 0 Å². The van der Waals surface area contributed by atoms with Crippen LogP contribution in [0.3, 0.4) is 0 Å². The Labute approximate surface area is 227 Å². The summed E-state index contributed by atoms with van der Waals surface area (Å²) in [7, 11) is 1.33. The first-order valence-corrected chi connectivity index (χ1v) is 12.5. The Bertz CT molecular complexity index is 1280. The highest BCUT2D eigenvalue weighted by Crippen LogP contribution is 2.43. The van der Waals surface area contributed by atoms with Crippen LogP contribution in [0.25, 0.3) is 0 Å². The summed E-state index contributed by atoms with van der Waals surface area (Å²) in [4.78, 5) is 33.0. The van der Waals surface area contributed by atoms with E-state index in [1.165, 1.54) is 26.1 Å². The fourth-order valence-corrected chi connectivity index (χ4v) is 4.78. The molecule has 0 spiro atoms. The number of aryl methyl sites for hydroxylation is 1. The summed E-state index contributed by atoms with van der Waals surface area (Å²) in [5.74, 6) is -2.38. The zero-order chi connectivity index (χ0) is 28.4. The number of morpholine rings is 1. The number of anilines is 1. The molecule has 1 aromatic heterocycles. The van der Waals surface area contributed by atoms with Gasteiger partial charge in [0.15, 0.2) is 11.4 Å². The third kappa shape index (κ3) is 5.99. The molecule has 39 heavy (non-hydrogen) atoms. The van der Waals surface area contributed by atoms with Gasteiger partial charge in [-0.3, -0.25) is 14.5 Å². The average Bonchev–Trinajstić information content (AvgIpc) is 3.31. The van der Waals surface area contributed by atoms with Crippen LogP contribution in [0.2, 0.25) is 5.02 Å². The molecule has 2 amide bonds. The van der Waals surface area contributed by atoms with Gasteiger partial charge < -0.3 is 15.4 Å². The van der Waals surface area contributed by atoms with Crippen molar-refractivity contribution in [3.05, 3.63) is 58.0 Å². The number of halogens is 5. The van der Waals surface area contributed by atoms with E-state index in [0.29, 0.717) is 19.8 Å². The standard InChI is InChI=1S/C25H27ClF4N6O3/c1-15-11-17(25(28,29)30)13-21(33-15)36-24(23(38)31-2,16-3-4-19(27)18(26)12-16)14-20(34-36)22(37)32-5-6-35-7-9-39-10-8-35/h3-4,11-13H,5-10,14H2,1-2H3,(H,31,38)(H,32,37). The van der Waals surface area contributed by atoms with Crippen molar-refractivity contribution >= 4 is 34.9 Å². The highest BCUT2D eigenvalue weighted by Gasteiger charge is 2.53. The average molecular weight is 571 g/mol. The second-order valence-corrected chi connectivity index (χ2v) is 9.57. The number of likely N-dealkylation sites (N-methyl/N-ethyl adjacent to an activating group) is 1. The summed E-state index contributed by atoms with van der Waals surface area (Å²) >= 11 is 6.03. The molecule has 0 aliphatic carbocycles. The van der Waals surface area contributed by atoms with Gasteiger partial charge in [0, 0.05) is 45.3 Å². The Morgan fingerprint density at radius 3 is 2.54 bits per heavy atom. The maximum Gasteiger partial charge on any atom is 0.416 e. The number of carbonyl (C=O) groups excluding carboxylic acids is 2. The van der Waals surface area contributed by atoms with Crippen molar-refractivity contribution in [3.8, 4) is 0 Å². The molecule has 9 nitrogen and oxygen atoms in total. The maximum absolute atomic E-state index is 14.1. The predicted octanol–water partition coefficient (Wildman–Crippen LogP) is 2.86. The largest absolute Gasteiger partial charge is 0.416 e. The van der Waals surface area contributed by atoms with Crippen molar-refractivity contribution in [2.24, 2.45) is 5.10 Å². The van der Waals surface area contributed by atoms with Crippen LogP contribution in [-0.2, 0) is 26.0 Å². The lowest BCUT2D eigenvalue weighted by Crippen LogP contribution is -2.52. The van der Waals surface area contributed by atoms with Crippen LogP contribution >= 0.6 is 11.6 Å². The summed E-state index contributed by atoms with van der Waals surface area (Å²) in [5, 5.41) is 10.2. The topological polar surface area (TPSA) is 99.2 Å². The highest BCUT2D eigenvalue weighted by atomic mass is 35.5. The van der Waals surface area contributed by atoms with E-state index in [9.17, 15) is 27.2 Å². The van der Waals surface area contributed by atoms with Crippen LogP contribution in [0.4, 0.5) is 23.4 Å². The lowest BCUT2D eigenvalue weighted by atomic mass is 9.83. The van der Waals surface area contributed by atoms with E-state index in [1.807, 2.05) is 0 Å². The molecular weight excluding hydrogens is 544 g/mol. The quantitative estimate of drug-likeness (QED) is 0.497. The van der Waals surface area contributed by atoms with E-state index in [2.05, 4.69) is 25.6 Å². The fraction of sp³-hybridized carbons (Fsp3) is 0.440. The Morgan fingerprint density at radius 1 is 1.18 bits per heavy atom. The van der Waals surface area contributed by atoms with Crippen molar-refractivity contribution in [2.75, 3.05) is 51.4 Å². The number of ether oxygens (including phenoxy) is 1. The van der Waals surface area contributed by atoms with E-state index >= 15 is 0 Å². The lowest BCUT2D eigenvalue weighted by Gasteiger charge is -2.36. The molecule has 1 aromatic carbocycles. The van der Waals surface area contributed by atoms with Crippen molar-refractivity contribution in [1.82, 2.24) is 20.5 Å². The summed E-state index contributed by atoms with van der Waals surface area (Å²) in [5.41, 5.74) is -2.87. The third-order valence-corrected chi connectivity index (χ3v) is 6.86. The number of carbonyl (C=O) groups is 2. The van der Waals surface area contributed by atoms with Crippen molar-refractivity contribution < 1.29 is 31.9 Å².